The molecule has 1 saturated heterocycles. The molecular formula is C25H35F2N6O6P. The minimum Gasteiger partial charge on any atom is -0.476 e. The van der Waals surface area contributed by atoms with Gasteiger partial charge in [-0.2, -0.15) is 9.97 Å². The summed E-state index contributed by atoms with van der Waals surface area (Å²) in [6, 6.07) is -0.990. The van der Waals surface area contributed by atoms with Crippen molar-refractivity contribution in [2.75, 3.05) is 25.6 Å². The van der Waals surface area contributed by atoms with Gasteiger partial charge in [0.25, 0.3) is 7.52 Å². The van der Waals surface area contributed by atoms with Crippen molar-refractivity contribution in [3.8, 4) is 18.2 Å². The summed E-state index contributed by atoms with van der Waals surface area (Å²) >= 11 is 0. The fourth-order valence-electron chi connectivity index (χ4n) is 4.93. The number of hydrogen-bond acceptors (Lipinski definition) is 10. The monoisotopic (exact) mass is 584 g/mol. The number of hydrogen-bond donors (Lipinski definition) is 2. The number of halogens is 2. The third kappa shape index (κ3) is 5.93. The predicted octanol–water partition coefficient (Wildman–Crippen LogP) is 3.67. The summed E-state index contributed by atoms with van der Waals surface area (Å²) in [6.45, 7) is 4.90. The molecule has 2 fully saturated rings. The zero-order valence-electron chi connectivity index (χ0n) is 22.9. The molecule has 40 heavy (non-hydrogen) atoms. The number of rotatable bonds is 10. The van der Waals surface area contributed by atoms with E-state index in [2.05, 4.69) is 20.0 Å². The first kappa shape index (κ1) is 30.1. The van der Waals surface area contributed by atoms with Gasteiger partial charge in [0.15, 0.2) is 17.4 Å². The molecule has 4 rings (SSSR count). The van der Waals surface area contributed by atoms with E-state index in [1.165, 1.54) is 26.8 Å². The van der Waals surface area contributed by atoms with E-state index in [9.17, 15) is 9.36 Å². The minimum atomic E-state index is -3.79. The molecule has 2 aromatic heterocycles. The lowest BCUT2D eigenvalue weighted by Gasteiger charge is -2.28. The number of imidazole rings is 1. The zero-order chi connectivity index (χ0) is 29.3. The van der Waals surface area contributed by atoms with Crippen LogP contribution in [0.3, 0.4) is 0 Å². The predicted molar refractivity (Wildman–Crippen MR) is 142 cm³/mol. The second kappa shape index (κ2) is 11.6. The summed E-state index contributed by atoms with van der Waals surface area (Å²) in [5.74, 6) is -3.11. The van der Waals surface area contributed by atoms with Crippen LogP contribution in [-0.4, -0.2) is 69.0 Å². The van der Waals surface area contributed by atoms with Crippen molar-refractivity contribution in [2.45, 2.75) is 82.8 Å². The maximum absolute atomic E-state index is 16.2. The molecule has 0 amide bonds. The van der Waals surface area contributed by atoms with E-state index >= 15 is 8.78 Å². The Morgan fingerprint density at radius 3 is 2.73 bits per heavy atom. The molecule has 1 aliphatic carbocycles. The van der Waals surface area contributed by atoms with Gasteiger partial charge in [-0.05, 0) is 39.5 Å². The minimum absolute atomic E-state index is 0.0173. The lowest BCUT2D eigenvalue weighted by Crippen LogP contribution is -2.41. The van der Waals surface area contributed by atoms with Crippen LogP contribution in [0.4, 0.5) is 14.7 Å². The zero-order valence-corrected chi connectivity index (χ0v) is 23.8. The molecule has 12 nitrogen and oxygen atoms in total. The molecule has 0 bridgehead atoms. The van der Waals surface area contributed by atoms with Gasteiger partial charge < -0.3 is 24.5 Å². The van der Waals surface area contributed by atoms with Crippen LogP contribution in [0.1, 0.15) is 59.1 Å². The molecule has 220 valence electrons. The van der Waals surface area contributed by atoms with Gasteiger partial charge in [-0.3, -0.25) is 13.9 Å². The van der Waals surface area contributed by atoms with E-state index in [1.54, 1.807) is 6.92 Å². The molecule has 3 N–H and O–H groups in total. The van der Waals surface area contributed by atoms with E-state index in [0.717, 1.165) is 36.7 Å². The maximum Gasteiger partial charge on any atom is 0.323 e. The first-order chi connectivity index (χ1) is 18.8. The highest BCUT2D eigenvalue weighted by Gasteiger charge is 2.65. The summed E-state index contributed by atoms with van der Waals surface area (Å²) in [4.78, 5) is 24.7. The molecular weight excluding hydrogens is 549 g/mol. The highest BCUT2D eigenvalue weighted by Crippen LogP contribution is 2.54. The van der Waals surface area contributed by atoms with Gasteiger partial charge in [0.1, 0.15) is 18.8 Å². The largest absolute Gasteiger partial charge is 0.476 e. The Balaban J connectivity index is 1.49. The van der Waals surface area contributed by atoms with Crippen LogP contribution in [-0.2, 0) is 23.4 Å². The number of esters is 1. The van der Waals surface area contributed by atoms with Crippen molar-refractivity contribution in [2.24, 2.45) is 5.92 Å². The van der Waals surface area contributed by atoms with Crippen molar-refractivity contribution in [3.63, 3.8) is 0 Å². The van der Waals surface area contributed by atoms with Gasteiger partial charge in [-0.15, -0.1) is 6.42 Å². The number of fused-ring (bicyclic) bond motifs is 1. The summed E-state index contributed by atoms with van der Waals surface area (Å²) in [7, 11) is -3.79. The molecule has 1 aliphatic heterocycles. The molecule has 15 heteroatoms. The smallest absolute Gasteiger partial charge is 0.323 e. The number of nitrogens with one attached hydrogen (secondary N) is 1. The first-order valence-corrected chi connectivity index (χ1v) is 15.3. The third-order valence-corrected chi connectivity index (χ3v) is 8.71. The lowest BCUT2D eigenvalue weighted by molar-refractivity contribution is -0.186. The fraction of sp³-hybridized carbons (Fsp3) is 0.680. The van der Waals surface area contributed by atoms with Gasteiger partial charge >= 0.3 is 5.97 Å². The van der Waals surface area contributed by atoms with Crippen molar-refractivity contribution in [3.05, 3.63) is 6.33 Å². The summed E-state index contributed by atoms with van der Waals surface area (Å²) in [5, 5.41) is 2.57. The van der Waals surface area contributed by atoms with Crippen LogP contribution in [0.5, 0.6) is 5.88 Å². The molecule has 6 atom stereocenters. The summed E-state index contributed by atoms with van der Waals surface area (Å²) in [6.07, 6.45) is 9.39. The molecule has 2 aromatic rings. The molecule has 0 aromatic carbocycles. The molecule has 3 heterocycles. The summed E-state index contributed by atoms with van der Waals surface area (Å²) < 4.78 is 68.5. The summed E-state index contributed by atoms with van der Waals surface area (Å²) in [5.41, 5.74) is 3.26. The topological polar surface area (TPSA) is 153 Å². The number of aromatic nitrogens is 4. The van der Waals surface area contributed by atoms with Gasteiger partial charge in [0.2, 0.25) is 23.4 Å². The normalized spacial score (nSPS) is 29.5. The van der Waals surface area contributed by atoms with Crippen LogP contribution >= 0.6 is 7.52 Å². The second-order valence-corrected chi connectivity index (χ2v) is 12.4. The first-order valence-electron chi connectivity index (χ1n) is 13.2. The van der Waals surface area contributed by atoms with E-state index in [1.807, 2.05) is 5.92 Å². The van der Waals surface area contributed by atoms with Gasteiger partial charge in [-0.25, -0.2) is 18.9 Å². The fourth-order valence-corrected chi connectivity index (χ4v) is 6.24. The van der Waals surface area contributed by atoms with Crippen molar-refractivity contribution in [1.29, 1.82) is 0 Å². The highest BCUT2D eigenvalue weighted by atomic mass is 31.2. The van der Waals surface area contributed by atoms with E-state index < -0.39 is 49.8 Å². The number of terminal acetylenes is 1. The Morgan fingerprint density at radius 1 is 1.38 bits per heavy atom. The molecule has 1 saturated carbocycles. The van der Waals surface area contributed by atoms with Crippen LogP contribution in [0.2, 0.25) is 0 Å². The quantitative estimate of drug-likeness (QED) is 0.239. The van der Waals surface area contributed by atoms with Crippen molar-refractivity contribution >= 4 is 30.6 Å². The van der Waals surface area contributed by atoms with Crippen LogP contribution in [0.15, 0.2) is 6.33 Å². The van der Waals surface area contributed by atoms with Crippen LogP contribution in [0, 0.1) is 18.3 Å². The molecule has 0 radical (unpaired) electrons. The highest BCUT2D eigenvalue weighted by molar-refractivity contribution is 7.56. The van der Waals surface area contributed by atoms with Crippen molar-refractivity contribution in [1.82, 2.24) is 24.6 Å². The number of nitrogen functional groups attached to an aromatic ring is 1. The molecule has 2 aliphatic rings. The number of alkyl halides is 2. The molecule has 0 spiro atoms. The Bertz CT molecular complexity index is 1330. The third-order valence-electron chi connectivity index (χ3n) is 7.23. The second-order valence-electron chi connectivity index (χ2n) is 10.2. The Hall–Kier alpha value is -2.85. The van der Waals surface area contributed by atoms with E-state index in [0.29, 0.717) is 0 Å². The van der Waals surface area contributed by atoms with Crippen LogP contribution < -0.4 is 15.6 Å². The van der Waals surface area contributed by atoms with Crippen LogP contribution in [0.25, 0.3) is 11.2 Å². The number of carbonyl (C=O) groups is 1. The number of anilines is 1. The van der Waals surface area contributed by atoms with E-state index in [-0.39, 0.29) is 35.7 Å². The molecule has 1 unspecified atom stereocenters. The number of nitrogens with two attached hydrogens (primary N) is 1. The van der Waals surface area contributed by atoms with Crippen molar-refractivity contribution < 1.29 is 36.9 Å². The Kier molecular flexibility index (Phi) is 8.71. The van der Waals surface area contributed by atoms with Gasteiger partial charge in [-0.1, -0.05) is 19.3 Å². The number of ether oxygens (including phenoxy) is 3. The van der Waals surface area contributed by atoms with Gasteiger partial charge in [0, 0.05) is 6.66 Å². The van der Waals surface area contributed by atoms with E-state index in [4.69, 9.17) is 30.9 Å². The number of carbonyl (C=O) groups excluding carboxylic acids is 1. The lowest BCUT2D eigenvalue weighted by atomic mass is 9.87. The SMILES string of the molecule is C#C[C@]1(F)[C@H](n2cnc3c(OCC)nc(N)nc32)O[C@](F)(COP(C)(=O)N[C@@H](C)C(=O)OC2CCCCC2)[C@H]1C. The standard InChI is InChI=1S/C25H35F2N6O6P/c1-6-24(26)16(4)25(27,13-37-40(5,35)32-15(3)21(34)38-17-11-9-8-10-12-17)39-22(24)33-14-29-18-19(33)30-23(28)31-20(18)36-7-2/h1,14-17,22H,7-13H2,2-5H3,(H,32,35)(H2,28,30,31)/t15-,16-,22+,24+,25+,40?/m0/s1. The number of nitrogens with zero attached hydrogens (tertiary/aromatic N) is 4. The Morgan fingerprint density at radius 2 is 2.08 bits per heavy atom. The average Bonchev–Trinajstić information content (AvgIpc) is 3.41. The average molecular weight is 585 g/mol. The Labute approximate surface area is 231 Å². The van der Waals surface area contributed by atoms with Gasteiger partial charge in [0.05, 0.1) is 18.9 Å². The maximum atomic E-state index is 16.2.